The predicted octanol–water partition coefficient (Wildman–Crippen LogP) is 2.23. The molecule has 19 heavy (non-hydrogen) atoms. The highest BCUT2D eigenvalue weighted by molar-refractivity contribution is 7.89. The van der Waals surface area contributed by atoms with Crippen LogP contribution in [0.15, 0.2) is 23.2 Å². The smallest absolute Gasteiger partial charge is 0.242 e. The molecule has 0 bridgehead atoms. The van der Waals surface area contributed by atoms with Gasteiger partial charge in [-0.3, -0.25) is 0 Å². The van der Waals surface area contributed by atoms with E-state index >= 15 is 0 Å². The van der Waals surface area contributed by atoms with Crippen LogP contribution >= 0.6 is 0 Å². The van der Waals surface area contributed by atoms with Crippen molar-refractivity contribution in [1.82, 2.24) is 9.71 Å². The molecule has 6 heteroatoms. The fourth-order valence-corrected chi connectivity index (χ4v) is 2.90. The first-order chi connectivity index (χ1) is 8.90. The minimum absolute atomic E-state index is 0.0940. The molecular weight excluding hydrogens is 262 g/mol. The molecule has 2 atom stereocenters. The zero-order valence-corrected chi connectivity index (χ0v) is 12.8. The number of nitrogens with one attached hydrogen (secondary N) is 2. The number of sulfonamides is 1. The summed E-state index contributed by atoms with van der Waals surface area (Å²) in [6.07, 6.45) is 2.31. The van der Waals surface area contributed by atoms with Crippen molar-refractivity contribution >= 4 is 15.8 Å². The third kappa shape index (κ3) is 4.47. The predicted molar refractivity (Wildman–Crippen MR) is 77.6 cm³/mol. The number of rotatable bonds is 7. The zero-order valence-electron chi connectivity index (χ0n) is 12.0. The number of pyridine rings is 1. The Bertz CT molecular complexity index is 485. The highest BCUT2D eigenvalue weighted by Gasteiger charge is 2.20. The van der Waals surface area contributed by atoms with Crippen LogP contribution in [0.5, 0.6) is 0 Å². The maximum Gasteiger partial charge on any atom is 0.242 e. The van der Waals surface area contributed by atoms with Crippen LogP contribution in [0.1, 0.15) is 34.1 Å². The maximum atomic E-state index is 12.2. The molecule has 0 aliphatic carbocycles. The van der Waals surface area contributed by atoms with Crippen LogP contribution < -0.4 is 10.0 Å². The quantitative estimate of drug-likeness (QED) is 0.806. The summed E-state index contributed by atoms with van der Waals surface area (Å²) in [6, 6.07) is 3.14. The standard InChI is InChI=1S/C13H23N3O2S/c1-5-10(3)11(4)16-19(17,18)12-7-8-13(14-6-2)15-9-12/h7-11,16H,5-6H2,1-4H3,(H,14,15). The Hall–Kier alpha value is -1.14. The van der Waals surface area contributed by atoms with Crippen LogP contribution in [0.3, 0.4) is 0 Å². The number of aromatic nitrogens is 1. The summed E-state index contributed by atoms with van der Waals surface area (Å²) in [5.74, 6) is 0.972. The molecule has 0 spiro atoms. The lowest BCUT2D eigenvalue weighted by atomic mass is 10.0. The molecule has 0 amide bonds. The van der Waals surface area contributed by atoms with Crippen molar-refractivity contribution in [3.63, 3.8) is 0 Å². The third-order valence-corrected chi connectivity index (χ3v) is 4.79. The highest BCUT2D eigenvalue weighted by Crippen LogP contribution is 2.14. The highest BCUT2D eigenvalue weighted by atomic mass is 32.2. The largest absolute Gasteiger partial charge is 0.370 e. The number of nitrogens with zero attached hydrogens (tertiary/aromatic N) is 1. The summed E-state index contributed by atoms with van der Waals surface area (Å²) in [5.41, 5.74) is 0. The van der Waals surface area contributed by atoms with Gasteiger partial charge in [0.2, 0.25) is 10.0 Å². The Kier molecular flexibility index (Phi) is 5.75. The van der Waals surface area contributed by atoms with E-state index in [0.29, 0.717) is 11.7 Å². The molecule has 1 aromatic heterocycles. The van der Waals surface area contributed by atoms with Gasteiger partial charge in [-0.25, -0.2) is 18.1 Å². The summed E-state index contributed by atoms with van der Waals surface area (Å²) in [6.45, 7) is 8.66. The molecule has 0 aromatic carbocycles. The molecule has 0 fully saturated rings. The van der Waals surface area contributed by atoms with Crippen LogP contribution in [0.25, 0.3) is 0 Å². The van der Waals surface area contributed by atoms with Crippen LogP contribution in [-0.2, 0) is 10.0 Å². The summed E-state index contributed by atoms with van der Waals surface area (Å²) in [5, 5.41) is 3.03. The molecule has 1 heterocycles. The Balaban J connectivity index is 2.82. The van der Waals surface area contributed by atoms with E-state index in [1.807, 2.05) is 27.7 Å². The molecule has 0 radical (unpaired) electrons. The van der Waals surface area contributed by atoms with Crippen molar-refractivity contribution in [2.24, 2.45) is 5.92 Å². The minimum Gasteiger partial charge on any atom is -0.370 e. The molecule has 0 saturated carbocycles. The molecule has 1 rings (SSSR count). The third-order valence-electron chi connectivity index (χ3n) is 3.24. The van der Waals surface area contributed by atoms with E-state index in [-0.39, 0.29) is 10.9 Å². The second-order valence-corrected chi connectivity index (χ2v) is 6.42. The summed E-state index contributed by atoms with van der Waals surface area (Å²) in [4.78, 5) is 4.28. The van der Waals surface area contributed by atoms with Crippen molar-refractivity contribution in [2.45, 2.75) is 45.1 Å². The monoisotopic (exact) mass is 285 g/mol. The second-order valence-electron chi connectivity index (χ2n) is 4.70. The molecule has 2 N–H and O–H groups in total. The molecule has 2 unspecified atom stereocenters. The molecule has 0 aliphatic heterocycles. The van der Waals surface area contributed by atoms with E-state index in [2.05, 4.69) is 15.0 Å². The van der Waals surface area contributed by atoms with Gasteiger partial charge < -0.3 is 5.32 Å². The van der Waals surface area contributed by atoms with Crippen molar-refractivity contribution < 1.29 is 8.42 Å². The number of anilines is 1. The molecule has 1 aromatic rings. The van der Waals surface area contributed by atoms with Crippen LogP contribution in [0.2, 0.25) is 0 Å². The second kappa shape index (κ2) is 6.86. The van der Waals surface area contributed by atoms with Gasteiger partial charge >= 0.3 is 0 Å². The van der Waals surface area contributed by atoms with E-state index in [4.69, 9.17) is 0 Å². The van der Waals surface area contributed by atoms with Crippen molar-refractivity contribution in [2.75, 3.05) is 11.9 Å². The SMILES string of the molecule is CCNc1ccc(S(=O)(=O)NC(C)C(C)CC)cn1. The van der Waals surface area contributed by atoms with E-state index in [0.717, 1.165) is 13.0 Å². The molecule has 108 valence electrons. The molecule has 0 saturated heterocycles. The first-order valence-corrected chi connectivity index (χ1v) is 8.11. The summed E-state index contributed by atoms with van der Waals surface area (Å²) < 4.78 is 27.0. The van der Waals surface area contributed by atoms with Crippen LogP contribution in [-0.4, -0.2) is 26.0 Å². The van der Waals surface area contributed by atoms with Gasteiger partial charge in [-0.05, 0) is 31.9 Å². The minimum atomic E-state index is -3.49. The average Bonchev–Trinajstić information content (AvgIpc) is 2.38. The van der Waals surface area contributed by atoms with Crippen molar-refractivity contribution in [3.8, 4) is 0 Å². The normalized spacial score (nSPS) is 14.9. The van der Waals surface area contributed by atoms with E-state index < -0.39 is 10.0 Å². The molecular formula is C13H23N3O2S. The van der Waals surface area contributed by atoms with Crippen LogP contribution in [0.4, 0.5) is 5.82 Å². The van der Waals surface area contributed by atoms with Gasteiger partial charge in [-0.2, -0.15) is 0 Å². The van der Waals surface area contributed by atoms with E-state index in [9.17, 15) is 8.42 Å². The lowest BCUT2D eigenvalue weighted by molar-refractivity contribution is 0.434. The van der Waals surface area contributed by atoms with Gasteiger partial charge in [0.25, 0.3) is 0 Å². The number of hydrogen-bond acceptors (Lipinski definition) is 4. The first kappa shape index (κ1) is 15.9. The topological polar surface area (TPSA) is 71.1 Å². The summed E-state index contributed by atoms with van der Waals surface area (Å²) >= 11 is 0. The fourth-order valence-electron chi connectivity index (χ4n) is 1.61. The van der Waals surface area contributed by atoms with Crippen LogP contribution in [0, 0.1) is 5.92 Å². The van der Waals surface area contributed by atoms with Crippen molar-refractivity contribution in [3.05, 3.63) is 18.3 Å². The lowest BCUT2D eigenvalue weighted by Gasteiger charge is -2.19. The Morgan fingerprint density at radius 2 is 1.95 bits per heavy atom. The van der Waals surface area contributed by atoms with Gasteiger partial charge in [0.15, 0.2) is 0 Å². The van der Waals surface area contributed by atoms with Gasteiger partial charge in [-0.15, -0.1) is 0 Å². The first-order valence-electron chi connectivity index (χ1n) is 6.63. The van der Waals surface area contributed by atoms with Crippen molar-refractivity contribution in [1.29, 1.82) is 0 Å². The fraction of sp³-hybridized carbons (Fsp3) is 0.615. The Morgan fingerprint density at radius 3 is 2.42 bits per heavy atom. The summed E-state index contributed by atoms with van der Waals surface area (Å²) in [7, 11) is -3.49. The van der Waals surface area contributed by atoms with Gasteiger partial charge in [-0.1, -0.05) is 20.3 Å². The van der Waals surface area contributed by atoms with Gasteiger partial charge in [0.05, 0.1) is 0 Å². The Labute approximate surface area is 115 Å². The zero-order chi connectivity index (χ0) is 14.5. The molecule has 0 aliphatic rings. The lowest BCUT2D eigenvalue weighted by Crippen LogP contribution is -2.36. The van der Waals surface area contributed by atoms with Gasteiger partial charge in [0, 0.05) is 18.8 Å². The van der Waals surface area contributed by atoms with E-state index in [1.165, 1.54) is 6.20 Å². The number of hydrogen-bond donors (Lipinski definition) is 2. The molecule has 5 nitrogen and oxygen atoms in total. The Morgan fingerprint density at radius 1 is 1.26 bits per heavy atom. The average molecular weight is 285 g/mol. The van der Waals surface area contributed by atoms with Gasteiger partial charge in [0.1, 0.15) is 10.7 Å². The van der Waals surface area contributed by atoms with E-state index in [1.54, 1.807) is 12.1 Å². The maximum absolute atomic E-state index is 12.2.